The summed E-state index contributed by atoms with van der Waals surface area (Å²) in [5.41, 5.74) is 8.69. The molecule has 1 heterocycles. The quantitative estimate of drug-likeness (QED) is 0.488. The molecule has 1 atom stereocenters. The lowest BCUT2D eigenvalue weighted by Crippen LogP contribution is -2.16. The van der Waals surface area contributed by atoms with Crippen LogP contribution in [0.2, 0.25) is 0 Å². The molecule has 2 rings (SSSR count). The van der Waals surface area contributed by atoms with Gasteiger partial charge in [0.25, 0.3) is 0 Å². The van der Waals surface area contributed by atoms with Crippen LogP contribution in [0.15, 0.2) is 41.7 Å². The van der Waals surface area contributed by atoms with Crippen LogP contribution >= 0.6 is 0 Å². The molecule has 0 bridgehead atoms. The monoisotopic (exact) mass is 314 g/mol. The number of nitrogens with zero attached hydrogens (tertiary/aromatic N) is 2. The first-order chi connectivity index (χ1) is 11.1. The van der Waals surface area contributed by atoms with Gasteiger partial charge in [-0.1, -0.05) is 6.92 Å². The van der Waals surface area contributed by atoms with Crippen LogP contribution in [0.25, 0.3) is 0 Å². The first-order valence-corrected chi connectivity index (χ1v) is 7.22. The predicted octanol–water partition coefficient (Wildman–Crippen LogP) is 2.47. The number of amidine groups is 1. The highest BCUT2D eigenvalue weighted by Gasteiger charge is 2.15. The Labute approximate surface area is 134 Å². The molecule has 0 fully saturated rings. The van der Waals surface area contributed by atoms with Crippen molar-refractivity contribution < 1.29 is 9.18 Å². The van der Waals surface area contributed by atoms with E-state index in [-0.39, 0.29) is 11.7 Å². The molecule has 6 heteroatoms. The summed E-state index contributed by atoms with van der Waals surface area (Å²) < 4.78 is 14.1. The maximum absolute atomic E-state index is 14.1. The van der Waals surface area contributed by atoms with Crippen molar-refractivity contribution in [2.24, 2.45) is 10.7 Å². The third-order valence-corrected chi connectivity index (χ3v) is 3.70. The molecule has 0 saturated carbocycles. The van der Waals surface area contributed by atoms with Crippen LogP contribution in [-0.4, -0.2) is 24.3 Å². The van der Waals surface area contributed by atoms with E-state index in [0.717, 1.165) is 11.1 Å². The van der Waals surface area contributed by atoms with E-state index in [4.69, 9.17) is 5.73 Å². The first-order valence-electron chi connectivity index (χ1n) is 7.22. The van der Waals surface area contributed by atoms with Crippen molar-refractivity contribution in [3.05, 3.63) is 59.2 Å². The number of carbonyl (C=O) groups excluding carboxylic acids is 1. The van der Waals surface area contributed by atoms with Gasteiger partial charge in [0.2, 0.25) is 6.41 Å². The number of aromatic nitrogens is 1. The zero-order chi connectivity index (χ0) is 16.8. The minimum absolute atomic E-state index is 0.115. The lowest BCUT2D eigenvalue weighted by atomic mass is 9.91. The Bertz CT molecular complexity index is 730. The van der Waals surface area contributed by atoms with Gasteiger partial charge in [0.05, 0.1) is 0 Å². The Morgan fingerprint density at radius 2 is 2.26 bits per heavy atom. The Kier molecular flexibility index (Phi) is 5.41. The third-order valence-electron chi connectivity index (χ3n) is 3.70. The second kappa shape index (κ2) is 7.49. The van der Waals surface area contributed by atoms with Crippen molar-refractivity contribution in [3.63, 3.8) is 0 Å². The van der Waals surface area contributed by atoms with Gasteiger partial charge in [-0.2, -0.15) is 0 Å². The molecule has 120 valence electrons. The SMILES string of the molecule is CN=C(N)c1ccncc1CC(C)c1cc(NC=O)ccc1F. The number of amides is 1. The number of rotatable bonds is 6. The summed E-state index contributed by atoms with van der Waals surface area (Å²) >= 11 is 0. The molecular weight excluding hydrogens is 295 g/mol. The molecule has 0 saturated heterocycles. The molecule has 0 aliphatic carbocycles. The van der Waals surface area contributed by atoms with E-state index in [1.165, 1.54) is 12.1 Å². The van der Waals surface area contributed by atoms with E-state index in [2.05, 4.69) is 15.3 Å². The summed E-state index contributed by atoms with van der Waals surface area (Å²) in [7, 11) is 1.62. The largest absolute Gasteiger partial charge is 0.384 e. The highest BCUT2D eigenvalue weighted by atomic mass is 19.1. The molecule has 0 radical (unpaired) electrons. The fourth-order valence-corrected chi connectivity index (χ4v) is 2.48. The van der Waals surface area contributed by atoms with Crippen LogP contribution in [0, 0.1) is 5.82 Å². The average Bonchev–Trinajstić information content (AvgIpc) is 2.56. The fourth-order valence-electron chi connectivity index (χ4n) is 2.48. The number of nitrogens with two attached hydrogens (primary N) is 1. The van der Waals surface area contributed by atoms with E-state index in [1.807, 2.05) is 6.92 Å². The topological polar surface area (TPSA) is 80.4 Å². The summed E-state index contributed by atoms with van der Waals surface area (Å²) in [6.07, 6.45) is 4.49. The van der Waals surface area contributed by atoms with Gasteiger partial charge in [0, 0.05) is 30.7 Å². The number of aliphatic imine (C=N–C) groups is 1. The zero-order valence-electron chi connectivity index (χ0n) is 13.1. The lowest BCUT2D eigenvalue weighted by molar-refractivity contribution is -0.105. The smallest absolute Gasteiger partial charge is 0.211 e. The van der Waals surface area contributed by atoms with Gasteiger partial charge in [0.1, 0.15) is 11.7 Å². The summed E-state index contributed by atoms with van der Waals surface area (Å²) in [5.74, 6) is -0.000952. The summed E-state index contributed by atoms with van der Waals surface area (Å²) in [5, 5.41) is 2.53. The standard InChI is InChI=1S/C17H19FN4O/c1-11(15-8-13(22-10-23)3-4-16(15)18)7-12-9-21-6-5-14(12)17(19)20-2/h3-6,8-11H,7H2,1-2H3,(H2,19,20)(H,22,23). The molecule has 1 aromatic heterocycles. The number of nitrogens with one attached hydrogen (secondary N) is 1. The van der Waals surface area contributed by atoms with Crippen molar-refractivity contribution in [2.45, 2.75) is 19.3 Å². The van der Waals surface area contributed by atoms with Crippen molar-refractivity contribution in [2.75, 3.05) is 12.4 Å². The number of hydrogen-bond donors (Lipinski definition) is 2. The highest BCUT2D eigenvalue weighted by Crippen LogP contribution is 2.26. The van der Waals surface area contributed by atoms with Crippen molar-refractivity contribution in [3.8, 4) is 0 Å². The highest BCUT2D eigenvalue weighted by molar-refractivity contribution is 5.98. The number of pyridine rings is 1. The van der Waals surface area contributed by atoms with Crippen LogP contribution < -0.4 is 11.1 Å². The summed E-state index contributed by atoms with van der Waals surface area (Å²) in [6.45, 7) is 1.92. The number of hydrogen-bond acceptors (Lipinski definition) is 3. The maximum Gasteiger partial charge on any atom is 0.211 e. The van der Waals surface area contributed by atoms with Gasteiger partial charge in [0.15, 0.2) is 0 Å². The average molecular weight is 314 g/mol. The molecule has 1 aromatic carbocycles. The van der Waals surface area contributed by atoms with Gasteiger partial charge in [-0.3, -0.25) is 14.8 Å². The lowest BCUT2D eigenvalue weighted by Gasteiger charge is -2.16. The molecule has 0 aliphatic rings. The Hall–Kier alpha value is -2.76. The van der Waals surface area contributed by atoms with Crippen LogP contribution in [0.5, 0.6) is 0 Å². The molecule has 0 aliphatic heterocycles. The molecule has 23 heavy (non-hydrogen) atoms. The second-order valence-corrected chi connectivity index (χ2v) is 5.25. The van der Waals surface area contributed by atoms with Crippen LogP contribution in [0.3, 0.4) is 0 Å². The van der Waals surface area contributed by atoms with E-state index in [9.17, 15) is 9.18 Å². The number of halogens is 1. The molecule has 3 N–H and O–H groups in total. The maximum atomic E-state index is 14.1. The molecule has 2 aromatic rings. The van der Waals surface area contributed by atoms with Crippen molar-refractivity contribution >= 4 is 17.9 Å². The summed E-state index contributed by atoms with van der Waals surface area (Å²) in [4.78, 5) is 18.7. The van der Waals surface area contributed by atoms with E-state index in [1.54, 1.807) is 31.6 Å². The Balaban J connectivity index is 2.31. The molecular formula is C17H19FN4O. The van der Waals surface area contributed by atoms with Crippen LogP contribution in [0.4, 0.5) is 10.1 Å². The molecule has 5 nitrogen and oxygen atoms in total. The van der Waals surface area contributed by atoms with E-state index >= 15 is 0 Å². The van der Waals surface area contributed by atoms with E-state index in [0.29, 0.717) is 29.9 Å². The second-order valence-electron chi connectivity index (χ2n) is 5.25. The number of anilines is 1. The van der Waals surface area contributed by atoms with Crippen LogP contribution in [-0.2, 0) is 11.2 Å². The summed E-state index contributed by atoms with van der Waals surface area (Å²) in [6, 6.07) is 6.31. The molecule has 0 spiro atoms. The van der Waals surface area contributed by atoms with Gasteiger partial charge >= 0.3 is 0 Å². The van der Waals surface area contributed by atoms with E-state index < -0.39 is 0 Å². The van der Waals surface area contributed by atoms with Crippen molar-refractivity contribution in [1.82, 2.24) is 4.98 Å². The Morgan fingerprint density at radius 3 is 2.96 bits per heavy atom. The molecule has 1 amide bonds. The fraction of sp³-hybridized carbons (Fsp3) is 0.235. The van der Waals surface area contributed by atoms with Gasteiger partial charge < -0.3 is 11.1 Å². The van der Waals surface area contributed by atoms with Gasteiger partial charge in [-0.15, -0.1) is 0 Å². The Morgan fingerprint density at radius 1 is 1.48 bits per heavy atom. The van der Waals surface area contributed by atoms with Crippen molar-refractivity contribution in [1.29, 1.82) is 0 Å². The molecule has 1 unspecified atom stereocenters. The number of carbonyl (C=O) groups is 1. The zero-order valence-corrected chi connectivity index (χ0v) is 13.1. The minimum Gasteiger partial charge on any atom is -0.384 e. The van der Waals surface area contributed by atoms with Crippen LogP contribution in [0.1, 0.15) is 29.5 Å². The predicted molar refractivity (Wildman–Crippen MR) is 89.1 cm³/mol. The third kappa shape index (κ3) is 3.91. The first kappa shape index (κ1) is 16.6. The van der Waals surface area contributed by atoms with Gasteiger partial charge in [-0.25, -0.2) is 4.39 Å². The number of benzene rings is 1. The normalized spacial score (nSPS) is 12.7. The minimum atomic E-state index is -0.309. The van der Waals surface area contributed by atoms with Gasteiger partial charge in [-0.05, 0) is 47.7 Å².